The van der Waals surface area contributed by atoms with Crippen LogP contribution in [0.2, 0.25) is 0 Å². The average molecular weight is 384 g/mol. The third-order valence-electron chi connectivity index (χ3n) is 3.98. The second-order valence-corrected chi connectivity index (χ2v) is 7.51. The molecule has 0 saturated carbocycles. The van der Waals surface area contributed by atoms with E-state index in [2.05, 4.69) is 4.72 Å². The van der Waals surface area contributed by atoms with E-state index >= 15 is 0 Å². The number of alkyl halides is 3. The van der Waals surface area contributed by atoms with Gasteiger partial charge in [-0.15, -0.1) is 0 Å². The Labute approximate surface area is 148 Å². The maximum absolute atomic E-state index is 12.8. The normalized spacial score (nSPS) is 15.3. The highest BCUT2D eigenvalue weighted by Gasteiger charge is 2.31. The van der Waals surface area contributed by atoms with Crippen LogP contribution in [0.15, 0.2) is 53.4 Å². The van der Waals surface area contributed by atoms with Gasteiger partial charge < -0.3 is 4.90 Å². The molecule has 2 aromatic carbocycles. The Hall–Kier alpha value is -2.55. The number of amides is 1. The predicted molar refractivity (Wildman–Crippen MR) is 90.3 cm³/mol. The maximum Gasteiger partial charge on any atom is 0.416 e. The van der Waals surface area contributed by atoms with Crippen molar-refractivity contribution in [1.29, 1.82) is 0 Å². The van der Waals surface area contributed by atoms with Gasteiger partial charge >= 0.3 is 6.18 Å². The zero-order chi connectivity index (χ0) is 18.9. The van der Waals surface area contributed by atoms with Crippen LogP contribution in [0.25, 0.3) is 0 Å². The molecule has 0 unspecified atom stereocenters. The fourth-order valence-electron chi connectivity index (χ4n) is 2.68. The van der Waals surface area contributed by atoms with Gasteiger partial charge in [0, 0.05) is 24.3 Å². The van der Waals surface area contributed by atoms with E-state index in [1.54, 1.807) is 17.0 Å². The first kappa shape index (κ1) is 18.2. The lowest BCUT2D eigenvalue weighted by Crippen LogP contribution is -2.23. The molecule has 1 N–H and O–H groups in total. The highest BCUT2D eigenvalue weighted by molar-refractivity contribution is 7.92. The number of rotatable bonds is 4. The second-order valence-electron chi connectivity index (χ2n) is 5.83. The van der Waals surface area contributed by atoms with Crippen LogP contribution >= 0.6 is 0 Å². The Kier molecular flexibility index (Phi) is 4.66. The molecule has 1 saturated heterocycles. The number of anilines is 2. The lowest BCUT2D eigenvalue weighted by molar-refractivity contribution is -0.137. The van der Waals surface area contributed by atoms with Gasteiger partial charge in [0.25, 0.3) is 10.0 Å². The summed E-state index contributed by atoms with van der Waals surface area (Å²) in [6.45, 7) is 0.605. The van der Waals surface area contributed by atoms with E-state index in [9.17, 15) is 26.4 Å². The summed E-state index contributed by atoms with van der Waals surface area (Å²) in [5.74, 6) is 0.00213. The molecule has 3 rings (SSSR count). The van der Waals surface area contributed by atoms with E-state index in [0.29, 0.717) is 24.7 Å². The standard InChI is InChI=1S/C17H15F3N2O3S/c18-17(19,20)12-3-1-4-15(11-12)26(24,25)21-13-6-8-14(9-7-13)22-10-2-5-16(22)23/h1,3-4,6-9,11,21H,2,5,10H2. The van der Waals surface area contributed by atoms with Gasteiger partial charge in [-0.3, -0.25) is 9.52 Å². The van der Waals surface area contributed by atoms with Crippen LogP contribution in [0, 0.1) is 0 Å². The van der Waals surface area contributed by atoms with E-state index in [-0.39, 0.29) is 11.6 Å². The third-order valence-corrected chi connectivity index (χ3v) is 5.36. The molecule has 26 heavy (non-hydrogen) atoms. The number of hydrogen-bond donors (Lipinski definition) is 1. The van der Waals surface area contributed by atoms with E-state index in [1.165, 1.54) is 12.1 Å². The van der Waals surface area contributed by atoms with Crippen LogP contribution in [0.3, 0.4) is 0 Å². The van der Waals surface area contributed by atoms with Crippen molar-refractivity contribution in [2.75, 3.05) is 16.2 Å². The number of nitrogens with one attached hydrogen (secondary N) is 1. The van der Waals surface area contributed by atoms with Crippen LogP contribution in [-0.4, -0.2) is 20.9 Å². The van der Waals surface area contributed by atoms with Crippen molar-refractivity contribution in [3.63, 3.8) is 0 Å². The van der Waals surface area contributed by atoms with Crippen LogP contribution in [0.5, 0.6) is 0 Å². The number of halogens is 3. The fourth-order valence-corrected chi connectivity index (χ4v) is 3.79. The minimum atomic E-state index is -4.63. The summed E-state index contributed by atoms with van der Waals surface area (Å²) in [5, 5.41) is 0. The van der Waals surface area contributed by atoms with Crippen molar-refractivity contribution in [2.24, 2.45) is 0 Å². The fraction of sp³-hybridized carbons (Fsp3) is 0.235. The summed E-state index contributed by atoms with van der Waals surface area (Å²) in [4.78, 5) is 12.8. The molecule has 1 fully saturated rings. The van der Waals surface area contributed by atoms with Gasteiger partial charge in [-0.05, 0) is 48.9 Å². The van der Waals surface area contributed by atoms with Crippen molar-refractivity contribution in [1.82, 2.24) is 0 Å². The average Bonchev–Trinajstić information content (AvgIpc) is 3.01. The Morgan fingerprint density at radius 2 is 1.73 bits per heavy atom. The molecule has 1 aliphatic heterocycles. The first-order valence-electron chi connectivity index (χ1n) is 7.77. The predicted octanol–water partition coefficient (Wildman–Crippen LogP) is 3.63. The molecule has 1 heterocycles. The number of carbonyl (C=O) groups is 1. The molecule has 0 spiro atoms. The molecular weight excluding hydrogens is 369 g/mol. The summed E-state index contributed by atoms with van der Waals surface area (Å²) in [6, 6.07) is 9.63. The summed E-state index contributed by atoms with van der Waals surface area (Å²) >= 11 is 0. The van der Waals surface area contributed by atoms with Gasteiger partial charge in [-0.2, -0.15) is 13.2 Å². The molecule has 0 radical (unpaired) electrons. The molecule has 2 aromatic rings. The second kappa shape index (κ2) is 6.64. The quantitative estimate of drug-likeness (QED) is 0.875. The van der Waals surface area contributed by atoms with Crippen molar-refractivity contribution < 1.29 is 26.4 Å². The van der Waals surface area contributed by atoms with Gasteiger partial charge in [0.2, 0.25) is 5.91 Å². The first-order valence-corrected chi connectivity index (χ1v) is 9.26. The van der Waals surface area contributed by atoms with E-state index in [1.807, 2.05) is 0 Å². The molecule has 0 bridgehead atoms. The van der Waals surface area contributed by atoms with E-state index < -0.39 is 26.7 Å². The molecule has 5 nitrogen and oxygen atoms in total. The topological polar surface area (TPSA) is 66.5 Å². The summed E-state index contributed by atoms with van der Waals surface area (Å²) < 4.78 is 65.2. The molecule has 1 amide bonds. The van der Waals surface area contributed by atoms with Gasteiger partial charge in [-0.25, -0.2) is 8.42 Å². The minimum absolute atomic E-state index is 0.00213. The smallest absolute Gasteiger partial charge is 0.312 e. The Morgan fingerprint density at radius 3 is 2.31 bits per heavy atom. The molecule has 1 aliphatic rings. The lowest BCUT2D eigenvalue weighted by atomic mass is 10.2. The summed E-state index contributed by atoms with van der Waals surface area (Å²) in [7, 11) is -4.17. The van der Waals surface area contributed by atoms with Crippen LogP contribution in [-0.2, 0) is 21.0 Å². The van der Waals surface area contributed by atoms with Gasteiger partial charge in [0.05, 0.1) is 10.5 Å². The van der Waals surface area contributed by atoms with E-state index in [0.717, 1.165) is 24.6 Å². The SMILES string of the molecule is O=C1CCCN1c1ccc(NS(=O)(=O)c2cccc(C(F)(F)F)c2)cc1. The Balaban J connectivity index is 1.80. The molecule has 0 atom stereocenters. The number of benzene rings is 2. The maximum atomic E-state index is 12.8. The summed E-state index contributed by atoms with van der Waals surface area (Å²) in [6.07, 6.45) is -3.39. The Morgan fingerprint density at radius 1 is 1.04 bits per heavy atom. The zero-order valence-corrected chi connectivity index (χ0v) is 14.3. The molecule has 9 heteroatoms. The number of carbonyl (C=O) groups excluding carboxylic acids is 1. The van der Waals surface area contributed by atoms with Crippen molar-refractivity contribution >= 4 is 27.3 Å². The Bertz CT molecular complexity index is 925. The zero-order valence-electron chi connectivity index (χ0n) is 13.5. The number of hydrogen-bond acceptors (Lipinski definition) is 3. The molecule has 138 valence electrons. The lowest BCUT2D eigenvalue weighted by Gasteiger charge is -2.16. The van der Waals surface area contributed by atoms with Crippen molar-refractivity contribution in [2.45, 2.75) is 23.9 Å². The van der Waals surface area contributed by atoms with E-state index in [4.69, 9.17) is 0 Å². The van der Waals surface area contributed by atoms with Gasteiger partial charge in [0.15, 0.2) is 0 Å². The third kappa shape index (κ3) is 3.82. The highest BCUT2D eigenvalue weighted by atomic mass is 32.2. The van der Waals surface area contributed by atoms with Crippen molar-refractivity contribution in [3.8, 4) is 0 Å². The van der Waals surface area contributed by atoms with Crippen LogP contribution in [0.1, 0.15) is 18.4 Å². The van der Waals surface area contributed by atoms with Gasteiger partial charge in [0.1, 0.15) is 0 Å². The monoisotopic (exact) mass is 384 g/mol. The first-order chi connectivity index (χ1) is 12.2. The number of nitrogens with zero attached hydrogens (tertiary/aromatic N) is 1. The molecule has 0 aromatic heterocycles. The van der Waals surface area contributed by atoms with Crippen LogP contribution in [0.4, 0.5) is 24.5 Å². The van der Waals surface area contributed by atoms with Gasteiger partial charge in [-0.1, -0.05) is 6.07 Å². The molecular formula is C17H15F3N2O3S. The van der Waals surface area contributed by atoms with Crippen LogP contribution < -0.4 is 9.62 Å². The number of sulfonamides is 1. The van der Waals surface area contributed by atoms with Crippen molar-refractivity contribution in [3.05, 3.63) is 54.1 Å². The minimum Gasteiger partial charge on any atom is -0.312 e. The molecule has 0 aliphatic carbocycles. The largest absolute Gasteiger partial charge is 0.416 e. The summed E-state index contributed by atoms with van der Waals surface area (Å²) in [5.41, 5.74) is -0.199. The highest BCUT2D eigenvalue weighted by Crippen LogP contribution is 2.31.